The molecule has 0 N–H and O–H groups in total. The van der Waals surface area contributed by atoms with Gasteiger partial charge in [-0.25, -0.2) is 8.42 Å². The monoisotopic (exact) mass is 391 g/mol. The minimum absolute atomic E-state index is 0.188. The fraction of sp³-hybridized carbons (Fsp3) is 0.174. The van der Waals surface area contributed by atoms with Crippen LogP contribution in [0.15, 0.2) is 77.7 Å². The highest BCUT2D eigenvalue weighted by atomic mass is 32.2. The van der Waals surface area contributed by atoms with E-state index in [0.717, 1.165) is 16.7 Å². The third kappa shape index (κ3) is 3.12. The lowest BCUT2D eigenvalue weighted by Crippen LogP contribution is -2.42. The number of anilines is 1. The van der Waals surface area contributed by atoms with Crippen molar-refractivity contribution in [2.24, 2.45) is 0 Å². The summed E-state index contributed by atoms with van der Waals surface area (Å²) in [6.45, 7) is 3.86. The number of ketones is 1. The molecule has 0 fully saturated rings. The Labute approximate surface area is 165 Å². The molecule has 3 aromatic rings. The van der Waals surface area contributed by atoms with Crippen molar-refractivity contribution in [2.45, 2.75) is 31.2 Å². The van der Waals surface area contributed by atoms with Gasteiger partial charge in [-0.05, 0) is 37.6 Å². The Hall–Kier alpha value is -2.92. The van der Waals surface area contributed by atoms with Crippen molar-refractivity contribution in [3.8, 4) is 0 Å². The molecule has 0 amide bonds. The van der Waals surface area contributed by atoms with Gasteiger partial charge in [0.15, 0.2) is 5.78 Å². The van der Waals surface area contributed by atoms with E-state index in [-0.39, 0.29) is 10.7 Å². The van der Waals surface area contributed by atoms with Gasteiger partial charge >= 0.3 is 0 Å². The van der Waals surface area contributed by atoms with Crippen molar-refractivity contribution >= 4 is 21.5 Å². The van der Waals surface area contributed by atoms with Gasteiger partial charge in [-0.1, -0.05) is 65.7 Å². The van der Waals surface area contributed by atoms with E-state index in [2.05, 4.69) is 0 Å². The van der Waals surface area contributed by atoms with Crippen LogP contribution in [0.2, 0.25) is 0 Å². The van der Waals surface area contributed by atoms with E-state index in [0.29, 0.717) is 17.7 Å². The number of carbonyl (C=O) groups excluding carboxylic acids is 1. The third-order valence-electron chi connectivity index (χ3n) is 5.14. The minimum atomic E-state index is -3.87. The number of hydrogen-bond donors (Lipinski definition) is 0. The van der Waals surface area contributed by atoms with Crippen LogP contribution in [0, 0.1) is 13.8 Å². The Kier molecular flexibility index (Phi) is 4.55. The van der Waals surface area contributed by atoms with E-state index in [4.69, 9.17) is 0 Å². The molecule has 1 atom stereocenters. The van der Waals surface area contributed by atoms with Gasteiger partial charge in [0.05, 0.1) is 10.6 Å². The van der Waals surface area contributed by atoms with Gasteiger partial charge in [0, 0.05) is 12.0 Å². The average Bonchev–Trinajstić information content (AvgIpc) is 3.09. The van der Waals surface area contributed by atoms with Crippen LogP contribution in [-0.2, 0) is 16.4 Å². The van der Waals surface area contributed by atoms with Crippen LogP contribution in [0.4, 0.5) is 5.69 Å². The van der Waals surface area contributed by atoms with Crippen LogP contribution >= 0.6 is 0 Å². The van der Waals surface area contributed by atoms with Gasteiger partial charge in [0.2, 0.25) is 0 Å². The minimum Gasteiger partial charge on any atom is -0.292 e. The molecule has 0 saturated heterocycles. The number of rotatable bonds is 4. The Bertz CT molecular complexity index is 1130. The Balaban J connectivity index is 1.81. The topological polar surface area (TPSA) is 54.5 Å². The fourth-order valence-electron chi connectivity index (χ4n) is 3.59. The number of benzene rings is 3. The predicted octanol–water partition coefficient (Wildman–Crippen LogP) is 4.31. The summed E-state index contributed by atoms with van der Waals surface area (Å²) < 4.78 is 28.3. The number of fused-ring (bicyclic) bond motifs is 1. The van der Waals surface area contributed by atoms with E-state index in [1.165, 1.54) is 4.31 Å². The zero-order chi connectivity index (χ0) is 19.9. The highest BCUT2D eigenvalue weighted by molar-refractivity contribution is 7.93. The summed E-state index contributed by atoms with van der Waals surface area (Å²) in [5.41, 5.74) is 3.99. The average molecular weight is 391 g/mol. The van der Waals surface area contributed by atoms with Gasteiger partial charge in [0.25, 0.3) is 10.0 Å². The van der Waals surface area contributed by atoms with Crippen molar-refractivity contribution < 1.29 is 13.2 Å². The van der Waals surface area contributed by atoms with Crippen LogP contribution in [-0.4, -0.2) is 20.2 Å². The lowest BCUT2D eigenvalue weighted by Gasteiger charge is -2.26. The Morgan fingerprint density at radius 1 is 0.857 bits per heavy atom. The summed E-state index contributed by atoms with van der Waals surface area (Å²) in [5.74, 6) is -0.188. The molecule has 28 heavy (non-hydrogen) atoms. The van der Waals surface area contributed by atoms with E-state index in [9.17, 15) is 13.2 Å². The van der Waals surface area contributed by atoms with Crippen molar-refractivity contribution in [1.29, 1.82) is 0 Å². The largest absolute Gasteiger partial charge is 0.292 e. The van der Waals surface area contributed by atoms with Crippen molar-refractivity contribution in [1.82, 2.24) is 0 Å². The molecule has 4 nitrogen and oxygen atoms in total. The van der Waals surface area contributed by atoms with Gasteiger partial charge in [-0.15, -0.1) is 0 Å². The normalized spacial score (nSPS) is 16.1. The number of carbonyl (C=O) groups is 1. The summed E-state index contributed by atoms with van der Waals surface area (Å²) in [7, 11) is -3.87. The number of nitrogens with zero attached hydrogens (tertiary/aromatic N) is 1. The molecular formula is C23H21NO3S. The summed E-state index contributed by atoms with van der Waals surface area (Å²) in [6.07, 6.45) is 0.369. The van der Waals surface area contributed by atoms with Gasteiger partial charge < -0.3 is 0 Å². The van der Waals surface area contributed by atoms with Crippen LogP contribution in [0.25, 0.3) is 0 Å². The van der Waals surface area contributed by atoms with Crippen molar-refractivity contribution in [3.05, 3.63) is 95.1 Å². The molecule has 1 aliphatic rings. The molecule has 4 rings (SSSR count). The molecule has 1 aliphatic heterocycles. The first-order valence-electron chi connectivity index (χ1n) is 9.18. The Morgan fingerprint density at radius 3 is 2.07 bits per heavy atom. The summed E-state index contributed by atoms with van der Waals surface area (Å²) in [5, 5.41) is 0. The molecular weight excluding hydrogens is 370 g/mol. The van der Waals surface area contributed by atoms with E-state index < -0.39 is 16.1 Å². The molecule has 5 heteroatoms. The maximum absolute atomic E-state index is 13.5. The van der Waals surface area contributed by atoms with E-state index in [1.807, 2.05) is 38.1 Å². The SMILES string of the molecule is Cc1ccc(C(=O)[C@H]2Cc3ccccc3N2S(=O)(=O)c2ccc(C)cc2)cc1. The number of para-hydroxylation sites is 1. The predicted molar refractivity (Wildman–Crippen MR) is 110 cm³/mol. The van der Waals surface area contributed by atoms with Crippen molar-refractivity contribution in [2.75, 3.05) is 4.31 Å². The van der Waals surface area contributed by atoms with Crippen molar-refractivity contribution in [3.63, 3.8) is 0 Å². The second-order valence-electron chi connectivity index (χ2n) is 7.19. The molecule has 0 aromatic heterocycles. The third-order valence-corrected chi connectivity index (χ3v) is 6.98. The first kappa shape index (κ1) is 18.4. The first-order chi connectivity index (χ1) is 13.4. The van der Waals surface area contributed by atoms with Gasteiger partial charge in [-0.3, -0.25) is 9.10 Å². The lowest BCUT2D eigenvalue weighted by atomic mass is 10.0. The van der Waals surface area contributed by atoms with Gasteiger partial charge in [0.1, 0.15) is 6.04 Å². The number of sulfonamides is 1. The maximum Gasteiger partial charge on any atom is 0.265 e. The highest BCUT2D eigenvalue weighted by Crippen LogP contribution is 2.38. The number of aryl methyl sites for hydroxylation is 2. The standard InChI is InChI=1S/C23H21NO3S/c1-16-7-11-18(12-8-16)23(25)22-15-19-5-3-4-6-21(19)24(22)28(26,27)20-13-9-17(2)10-14-20/h3-14,22H,15H2,1-2H3/t22-/m1/s1. The Morgan fingerprint density at radius 2 is 1.43 bits per heavy atom. The summed E-state index contributed by atoms with van der Waals surface area (Å²) in [6, 6.07) is 20.5. The summed E-state index contributed by atoms with van der Waals surface area (Å²) in [4.78, 5) is 13.5. The van der Waals surface area contributed by atoms with Crippen LogP contribution in [0.1, 0.15) is 27.0 Å². The maximum atomic E-state index is 13.5. The molecule has 0 saturated carbocycles. The second-order valence-corrected chi connectivity index (χ2v) is 9.01. The lowest BCUT2D eigenvalue weighted by molar-refractivity contribution is 0.0966. The van der Waals surface area contributed by atoms with Crippen LogP contribution in [0.3, 0.4) is 0 Å². The van der Waals surface area contributed by atoms with Crippen LogP contribution < -0.4 is 4.31 Å². The summed E-state index contributed by atoms with van der Waals surface area (Å²) >= 11 is 0. The second kappa shape index (κ2) is 6.91. The molecule has 1 heterocycles. The molecule has 3 aromatic carbocycles. The number of hydrogen-bond acceptors (Lipinski definition) is 3. The molecule has 0 bridgehead atoms. The highest BCUT2D eigenvalue weighted by Gasteiger charge is 2.42. The fourth-order valence-corrected chi connectivity index (χ4v) is 5.24. The molecule has 0 aliphatic carbocycles. The quantitative estimate of drug-likeness (QED) is 0.623. The first-order valence-corrected chi connectivity index (χ1v) is 10.6. The molecule has 0 radical (unpaired) electrons. The zero-order valence-electron chi connectivity index (χ0n) is 15.8. The number of Topliss-reactive ketones (excluding diaryl/α,β-unsaturated/α-hetero) is 1. The van der Waals surface area contributed by atoms with E-state index >= 15 is 0 Å². The van der Waals surface area contributed by atoms with Gasteiger partial charge in [-0.2, -0.15) is 0 Å². The van der Waals surface area contributed by atoms with E-state index in [1.54, 1.807) is 48.5 Å². The molecule has 0 unspecified atom stereocenters. The molecule has 142 valence electrons. The molecule has 0 spiro atoms. The van der Waals surface area contributed by atoms with Crippen LogP contribution in [0.5, 0.6) is 0 Å². The smallest absolute Gasteiger partial charge is 0.265 e. The zero-order valence-corrected chi connectivity index (χ0v) is 16.6.